The molecule has 0 atom stereocenters. The summed E-state index contributed by atoms with van der Waals surface area (Å²) < 4.78 is 96.7. The Kier molecular flexibility index (Phi) is 23.6. The number of piperazine rings is 1. The summed E-state index contributed by atoms with van der Waals surface area (Å²) in [5, 5.41) is 6.07. The van der Waals surface area contributed by atoms with Crippen molar-refractivity contribution in [3.63, 3.8) is 0 Å². The molecular formula is C65H93ClF6N8O3S. The molecule has 4 aromatic heterocycles. The number of allylic oxidation sites excluding steroid dienone is 1. The van der Waals surface area contributed by atoms with Crippen LogP contribution in [0.3, 0.4) is 0 Å². The molecule has 19 heteroatoms. The van der Waals surface area contributed by atoms with E-state index in [0.717, 1.165) is 71.9 Å². The minimum absolute atomic E-state index is 0.0521. The summed E-state index contributed by atoms with van der Waals surface area (Å²) in [7, 11) is 2.06. The van der Waals surface area contributed by atoms with E-state index < -0.39 is 28.9 Å². The SMILES string of the molecule is CC(C)(C)c1cc(C(C)(C)C)on1.CC1=CN(c2cc(Cl)cc(C(C)(C)C)c2)CO1.CN1CCN(CCOc2ncc(C(C)(C)C)cc2C(F)(F)F)CC1.Cc1cn(-c2cc(C(C)(C)C)cc(C(F)(F)F)c2)cn1.Cc1cnc(C(C)(C)C)s1. The predicted molar refractivity (Wildman–Crippen MR) is 331 cm³/mol. The van der Waals surface area contributed by atoms with Gasteiger partial charge >= 0.3 is 12.4 Å². The molecule has 8 rings (SSSR count). The van der Waals surface area contributed by atoms with Gasteiger partial charge in [0, 0.05) is 101 Å². The number of pyridine rings is 1. The third kappa shape index (κ3) is 22.4. The van der Waals surface area contributed by atoms with Crippen LogP contribution >= 0.6 is 22.9 Å². The van der Waals surface area contributed by atoms with Crippen LogP contribution in [0.1, 0.15) is 186 Å². The van der Waals surface area contributed by atoms with E-state index in [1.165, 1.54) is 34.0 Å². The molecule has 0 aliphatic carbocycles. The zero-order valence-corrected chi connectivity index (χ0v) is 55.4. The van der Waals surface area contributed by atoms with Gasteiger partial charge in [-0.2, -0.15) is 26.3 Å². The molecular weight excluding hydrogens is 1120 g/mol. The van der Waals surface area contributed by atoms with Gasteiger partial charge in [-0.15, -0.1) is 11.3 Å². The van der Waals surface area contributed by atoms with Crippen molar-refractivity contribution in [3.8, 4) is 11.6 Å². The van der Waals surface area contributed by atoms with Crippen LogP contribution in [0.5, 0.6) is 5.88 Å². The Morgan fingerprint density at radius 3 is 1.60 bits per heavy atom. The number of aryl methyl sites for hydroxylation is 2. The van der Waals surface area contributed by atoms with Crippen molar-refractivity contribution in [1.82, 2.24) is 34.5 Å². The average Bonchev–Trinajstić information content (AvgIpc) is 3.86. The standard InChI is InChI=1S/C17H26F3N3O.C15H17F3N2.C14H18ClNO.C11H19NO.C8H13NS/c1-16(2,3)13-11-14(17(18,19)20)15(21-12-13)24-10-9-23-7-5-22(4)6-8-23;1-10-8-20(9-19-10)13-6-11(14(2,3)4)5-12(7-13)15(16,17)18;1-10-8-16(9-17-10)13-6-11(14(2,3)4)5-12(15)7-13;1-10(2,3)8-7-9(13-12-8)11(4,5)6;1-6-5-9-7(10-6)8(2,3)4/h11-12H,5-10H2,1-4H3;5-9H,1-4H3;5-8H,9H2,1-4H3;7H,1-6H3;5H,1-4H3. The summed E-state index contributed by atoms with van der Waals surface area (Å²) in [6.07, 6.45) is -0.188. The summed E-state index contributed by atoms with van der Waals surface area (Å²) in [6.45, 7) is 48.1. The van der Waals surface area contributed by atoms with Crippen LogP contribution in [0, 0.1) is 13.8 Å². The first-order valence-electron chi connectivity index (χ1n) is 28.4. The van der Waals surface area contributed by atoms with Crippen LogP contribution in [-0.4, -0.2) is 87.6 Å². The largest absolute Gasteiger partial charge is 0.476 e. The number of nitrogens with zero attached hydrogens (tertiary/aromatic N) is 8. The lowest BCUT2D eigenvalue weighted by Gasteiger charge is -2.32. The van der Waals surface area contributed by atoms with Crippen LogP contribution in [-0.2, 0) is 49.6 Å². The lowest BCUT2D eigenvalue weighted by Crippen LogP contribution is -2.45. The van der Waals surface area contributed by atoms with Gasteiger partial charge < -0.3 is 28.4 Å². The Bertz CT molecular complexity index is 3010. The zero-order chi connectivity index (χ0) is 63.8. The molecule has 6 heterocycles. The van der Waals surface area contributed by atoms with Crippen LogP contribution in [0.2, 0.25) is 5.02 Å². The number of benzene rings is 2. The van der Waals surface area contributed by atoms with E-state index >= 15 is 0 Å². The van der Waals surface area contributed by atoms with Crippen molar-refractivity contribution < 1.29 is 40.3 Å². The highest BCUT2D eigenvalue weighted by Crippen LogP contribution is 2.39. The second-order valence-electron chi connectivity index (χ2n) is 27.8. The van der Waals surface area contributed by atoms with Crippen LogP contribution in [0.25, 0.3) is 5.69 Å². The molecule has 0 amide bonds. The number of alkyl halides is 6. The van der Waals surface area contributed by atoms with E-state index in [0.29, 0.717) is 30.1 Å². The number of anilines is 1. The summed E-state index contributed by atoms with van der Waals surface area (Å²) in [5.74, 6) is 1.56. The number of thiazole rings is 1. The number of imidazole rings is 1. The first-order valence-corrected chi connectivity index (χ1v) is 29.6. The minimum Gasteiger partial charge on any atom is -0.476 e. The number of likely N-dealkylation sites (N-methyl/N-ethyl adjacent to an activating group) is 1. The molecule has 0 unspecified atom stereocenters. The molecule has 2 aliphatic heterocycles. The quantitative estimate of drug-likeness (QED) is 0.150. The molecule has 0 bridgehead atoms. The highest BCUT2D eigenvalue weighted by molar-refractivity contribution is 7.11. The number of rotatable bonds is 6. The van der Waals surface area contributed by atoms with Crippen molar-refractivity contribution in [3.05, 3.63) is 145 Å². The molecule has 466 valence electrons. The maximum Gasteiger partial charge on any atom is 0.421 e. The number of aromatic nitrogens is 5. The van der Waals surface area contributed by atoms with Crippen molar-refractivity contribution in [2.75, 3.05) is 58.0 Å². The Balaban J connectivity index is 0.000000232. The molecule has 1 fully saturated rings. The van der Waals surface area contributed by atoms with Gasteiger partial charge in [-0.05, 0) is 103 Å². The lowest BCUT2D eigenvalue weighted by molar-refractivity contribution is -0.139. The van der Waals surface area contributed by atoms with Gasteiger partial charge in [-0.3, -0.25) is 4.90 Å². The fourth-order valence-corrected chi connectivity index (χ4v) is 8.97. The number of halogens is 7. The predicted octanol–water partition coefficient (Wildman–Crippen LogP) is 17.8. The van der Waals surface area contributed by atoms with Crippen molar-refractivity contribution >= 4 is 28.6 Å². The molecule has 2 aliphatic rings. The Morgan fingerprint density at radius 1 is 0.595 bits per heavy atom. The van der Waals surface area contributed by atoms with Gasteiger partial charge in [-0.1, -0.05) is 141 Å². The highest BCUT2D eigenvalue weighted by atomic mass is 35.5. The maximum absolute atomic E-state index is 13.3. The molecule has 0 spiro atoms. The van der Waals surface area contributed by atoms with E-state index in [-0.39, 0.29) is 39.6 Å². The number of hydrogen-bond donors (Lipinski definition) is 0. The fraction of sp³-hybridized carbons (Fsp3) is 0.569. The minimum atomic E-state index is -4.47. The second kappa shape index (κ2) is 27.9. The van der Waals surface area contributed by atoms with Crippen LogP contribution < -0.4 is 9.64 Å². The van der Waals surface area contributed by atoms with E-state index in [4.69, 9.17) is 25.6 Å². The first-order chi connectivity index (χ1) is 38.2. The highest BCUT2D eigenvalue weighted by Gasteiger charge is 2.37. The molecule has 0 radical (unpaired) electrons. The molecule has 6 aromatic rings. The van der Waals surface area contributed by atoms with Crippen molar-refractivity contribution in [1.29, 1.82) is 0 Å². The molecule has 84 heavy (non-hydrogen) atoms. The third-order valence-corrected chi connectivity index (χ3v) is 15.1. The Labute approximate surface area is 506 Å². The number of ether oxygens (including phenoxy) is 2. The molecule has 11 nitrogen and oxygen atoms in total. The van der Waals surface area contributed by atoms with E-state index in [9.17, 15) is 26.3 Å². The summed E-state index contributed by atoms with van der Waals surface area (Å²) >= 11 is 7.97. The normalized spacial score (nSPS) is 14.9. The van der Waals surface area contributed by atoms with Gasteiger partial charge in [0.05, 0.1) is 28.3 Å². The first kappa shape index (κ1) is 71.1. The Morgan fingerprint density at radius 2 is 1.17 bits per heavy atom. The maximum atomic E-state index is 13.3. The van der Waals surface area contributed by atoms with Crippen molar-refractivity contribution in [2.45, 2.75) is 190 Å². The summed E-state index contributed by atoms with van der Waals surface area (Å²) in [5.41, 5.74) is 4.03. The van der Waals surface area contributed by atoms with Gasteiger partial charge in [0.15, 0.2) is 6.73 Å². The van der Waals surface area contributed by atoms with Gasteiger partial charge in [-0.25, -0.2) is 15.0 Å². The summed E-state index contributed by atoms with van der Waals surface area (Å²) in [4.78, 5) is 20.1. The third-order valence-electron chi connectivity index (χ3n) is 13.5. The molecule has 2 aromatic carbocycles. The van der Waals surface area contributed by atoms with Gasteiger partial charge in [0.25, 0.3) is 0 Å². The molecule has 1 saturated heterocycles. The number of hydrogen-bond acceptors (Lipinski definition) is 11. The molecule has 0 N–H and O–H groups in total. The Hall–Kier alpha value is -5.43. The smallest absolute Gasteiger partial charge is 0.421 e. The average molecular weight is 1220 g/mol. The topological polar surface area (TPSA) is 97.8 Å². The lowest BCUT2D eigenvalue weighted by atomic mass is 9.85. The fourth-order valence-electron chi connectivity index (χ4n) is 7.91. The summed E-state index contributed by atoms with van der Waals surface area (Å²) in [6, 6.07) is 13.5. The zero-order valence-electron chi connectivity index (χ0n) is 53.8. The monoisotopic (exact) mass is 1210 g/mol. The van der Waals surface area contributed by atoms with Crippen LogP contribution in [0.15, 0.2) is 89.9 Å². The van der Waals surface area contributed by atoms with Crippen molar-refractivity contribution in [2.24, 2.45) is 0 Å². The second-order valence-corrected chi connectivity index (χ2v) is 29.5. The van der Waals surface area contributed by atoms with E-state index in [1.54, 1.807) is 35.1 Å². The van der Waals surface area contributed by atoms with Gasteiger partial charge in [0.2, 0.25) is 5.88 Å². The van der Waals surface area contributed by atoms with Crippen LogP contribution in [0.4, 0.5) is 32.0 Å². The van der Waals surface area contributed by atoms with Gasteiger partial charge in [0.1, 0.15) is 23.7 Å². The van der Waals surface area contributed by atoms with E-state index in [2.05, 4.69) is 144 Å². The van der Waals surface area contributed by atoms with E-state index in [1.807, 2.05) is 73.0 Å². The molecule has 0 saturated carbocycles.